The van der Waals surface area contributed by atoms with E-state index in [1.807, 2.05) is 5.10 Å². The SMILES string of the molecule is O=C(c1ccc(Nc2nccn3c(-c4cn[nH]c4C(F)(F)F)cnc23)cc1Cl)N1CCN(C(=O)[C@H]2CCNC[C@@H]2O)CC1. The molecule has 2 saturated heterocycles. The van der Waals surface area contributed by atoms with Crippen LogP contribution < -0.4 is 10.6 Å². The summed E-state index contributed by atoms with van der Waals surface area (Å²) in [4.78, 5) is 38.0. The fourth-order valence-corrected chi connectivity index (χ4v) is 5.73. The molecule has 2 amide bonds. The summed E-state index contributed by atoms with van der Waals surface area (Å²) in [6.45, 7) is 2.47. The third-order valence-corrected chi connectivity index (χ3v) is 8.05. The number of piperazine rings is 1. The number of benzene rings is 1. The minimum Gasteiger partial charge on any atom is -0.391 e. The summed E-state index contributed by atoms with van der Waals surface area (Å²) in [5.41, 5.74) is 0.0803. The Labute approximate surface area is 247 Å². The van der Waals surface area contributed by atoms with Gasteiger partial charge in [-0.1, -0.05) is 11.6 Å². The molecule has 0 radical (unpaired) electrons. The Balaban J connectivity index is 1.14. The van der Waals surface area contributed by atoms with Gasteiger partial charge in [-0.25, -0.2) is 9.97 Å². The number of H-pyrrole nitrogens is 1. The number of piperidine rings is 1. The van der Waals surface area contributed by atoms with Gasteiger partial charge in [-0.05, 0) is 31.2 Å². The van der Waals surface area contributed by atoms with Crippen LogP contribution in [0.25, 0.3) is 16.9 Å². The molecule has 0 bridgehead atoms. The van der Waals surface area contributed by atoms with Crippen molar-refractivity contribution >= 4 is 40.6 Å². The lowest BCUT2D eigenvalue weighted by Crippen LogP contribution is -2.55. The molecular weight excluding hydrogens is 591 g/mol. The van der Waals surface area contributed by atoms with E-state index < -0.39 is 23.9 Å². The fraction of sp³-hybridized carbons (Fsp3) is 0.370. The number of fused-ring (bicyclic) bond motifs is 1. The first kappa shape index (κ1) is 28.9. The number of anilines is 2. The molecule has 4 aromatic rings. The first-order valence-electron chi connectivity index (χ1n) is 13.6. The van der Waals surface area contributed by atoms with Crippen LogP contribution in [0.5, 0.6) is 0 Å². The zero-order valence-corrected chi connectivity index (χ0v) is 23.4. The van der Waals surface area contributed by atoms with Crippen LogP contribution in [-0.2, 0) is 11.0 Å². The predicted molar refractivity (Wildman–Crippen MR) is 150 cm³/mol. The number of aromatic nitrogens is 5. The van der Waals surface area contributed by atoms with E-state index >= 15 is 0 Å². The zero-order valence-electron chi connectivity index (χ0n) is 22.6. The topological polar surface area (TPSA) is 144 Å². The molecular formula is C27H27ClF3N9O3. The number of aliphatic hydroxyl groups excluding tert-OH is 1. The second-order valence-corrected chi connectivity index (χ2v) is 10.8. The number of nitrogens with one attached hydrogen (secondary N) is 3. The quantitative estimate of drug-likeness (QED) is 0.268. The monoisotopic (exact) mass is 617 g/mol. The summed E-state index contributed by atoms with van der Waals surface area (Å²) in [7, 11) is 0. The van der Waals surface area contributed by atoms with Gasteiger partial charge in [0.05, 0.1) is 46.3 Å². The molecule has 3 aromatic heterocycles. The summed E-state index contributed by atoms with van der Waals surface area (Å²) in [5.74, 6) is -0.534. The molecule has 2 atom stereocenters. The minimum atomic E-state index is -4.62. The molecule has 0 aliphatic carbocycles. The molecule has 2 fully saturated rings. The van der Waals surface area contributed by atoms with Gasteiger partial charge in [0, 0.05) is 50.8 Å². The van der Waals surface area contributed by atoms with Crippen LogP contribution in [0, 0.1) is 5.92 Å². The number of rotatable bonds is 5. The molecule has 2 aliphatic rings. The number of imidazole rings is 1. The third kappa shape index (κ3) is 5.62. The van der Waals surface area contributed by atoms with Crippen molar-refractivity contribution in [2.75, 3.05) is 44.6 Å². The average molecular weight is 618 g/mol. The summed E-state index contributed by atoms with van der Waals surface area (Å²) >= 11 is 6.51. The van der Waals surface area contributed by atoms with Crippen LogP contribution in [0.15, 0.2) is 43.0 Å². The van der Waals surface area contributed by atoms with Gasteiger partial charge in [0.25, 0.3) is 5.91 Å². The number of hydrogen-bond donors (Lipinski definition) is 4. The van der Waals surface area contributed by atoms with E-state index in [0.717, 1.165) is 6.20 Å². The largest absolute Gasteiger partial charge is 0.433 e. The van der Waals surface area contributed by atoms with Crippen LogP contribution >= 0.6 is 11.6 Å². The van der Waals surface area contributed by atoms with Gasteiger partial charge in [-0.15, -0.1) is 0 Å². The van der Waals surface area contributed by atoms with Crippen molar-refractivity contribution in [2.45, 2.75) is 18.7 Å². The van der Waals surface area contributed by atoms with E-state index in [4.69, 9.17) is 11.6 Å². The number of aliphatic hydroxyl groups is 1. The molecule has 0 spiro atoms. The fourth-order valence-electron chi connectivity index (χ4n) is 5.47. The van der Waals surface area contributed by atoms with Crippen LogP contribution in [-0.4, -0.2) is 96.7 Å². The normalized spacial score (nSPS) is 19.6. The van der Waals surface area contributed by atoms with Crippen molar-refractivity contribution in [3.8, 4) is 11.3 Å². The molecule has 226 valence electrons. The molecule has 0 unspecified atom stereocenters. The highest BCUT2D eigenvalue weighted by atomic mass is 35.5. The van der Waals surface area contributed by atoms with Crippen molar-refractivity contribution in [3.63, 3.8) is 0 Å². The first-order chi connectivity index (χ1) is 20.6. The maximum Gasteiger partial charge on any atom is 0.433 e. The maximum atomic E-state index is 13.4. The Bertz CT molecular complexity index is 1670. The maximum absolute atomic E-state index is 13.4. The van der Waals surface area contributed by atoms with Crippen LogP contribution in [0.4, 0.5) is 24.7 Å². The highest BCUT2D eigenvalue weighted by Crippen LogP contribution is 2.36. The van der Waals surface area contributed by atoms with E-state index in [1.54, 1.807) is 28.0 Å². The number of hydrogen-bond acceptors (Lipinski definition) is 8. The Morgan fingerprint density at radius 2 is 1.86 bits per heavy atom. The summed E-state index contributed by atoms with van der Waals surface area (Å²) in [6.07, 6.45) is 0.537. The second kappa shape index (κ2) is 11.5. The molecule has 16 heteroatoms. The van der Waals surface area contributed by atoms with Gasteiger partial charge in [0.2, 0.25) is 5.91 Å². The lowest BCUT2D eigenvalue weighted by atomic mass is 9.93. The van der Waals surface area contributed by atoms with Crippen molar-refractivity contribution in [2.24, 2.45) is 5.92 Å². The van der Waals surface area contributed by atoms with Gasteiger partial charge >= 0.3 is 6.18 Å². The number of aromatic amines is 1. The van der Waals surface area contributed by atoms with E-state index in [-0.39, 0.29) is 45.1 Å². The predicted octanol–water partition coefficient (Wildman–Crippen LogP) is 2.79. The number of β-amino-alcohol motifs (C(OH)–C–C–N with tert-alkyl or cyclic N) is 1. The van der Waals surface area contributed by atoms with Crippen LogP contribution in [0.2, 0.25) is 5.02 Å². The molecule has 6 rings (SSSR count). The van der Waals surface area contributed by atoms with Gasteiger partial charge in [-0.3, -0.25) is 19.1 Å². The van der Waals surface area contributed by atoms with Gasteiger partial charge in [-0.2, -0.15) is 18.3 Å². The highest BCUT2D eigenvalue weighted by Gasteiger charge is 2.37. The molecule has 5 heterocycles. The molecule has 2 aliphatic heterocycles. The third-order valence-electron chi connectivity index (χ3n) is 7.73. The zero-order chi connectivity index (χ0) is 30.3. The van der Waals surface area contributed by atoms with Crippen molar-refractivity contribution in [1.82, 2.24) is 39.7 Å². The van der Waals surface area contributed by atoms with Crippen LogP contribution in [0.1, 0.15) is 22.5 Å². The van der Waals surface area contributed by atoms with E-state index in [2.05, 4.69) is 25.7 Å². The van der Waals surface area contributed by atoms with E-state index in [0.29, 0.717) is 51.4 Å². The Morgan fingerprint density at radius 1 is 1.09 bits per heavy atom. The van der Waals surface area contributed by atoms with E-state index in [1.165, 1.54) is 23.0 Å². The van der Waals surface area contributed by atoms with Crippen LogP contribution in [0.3, 0.4) is 0 Å². The number of amides is 2. The first-order valence-corrected chi connectivity index (χ1v) is 14.0. The summed E-state index contributed by atoms with van der Waals surface area (Å²) < 4.78 is 41.7. The van der Waals surface area contributed by atoms with Gasteiger partial charge in [0.15, 0.2) is 11.5 Å². The standard InChI is InChI=1S/C27H27ClF3N9O3/c28-19-11-15(36-23-24-34-13-20(40(24)6-5-33-23)18-12-35-37-22(18)27(29,30)31)1-2-16(19)25(42)38-7-9-39(10-8-38)26(43)17-3-4-32-14-21(17)41/h1-2,5-6,11-13,17,21,32,41H,3-4,7-10,14H2,(H,33,36)(H,35,37)/t17-,21-/m0/s1. The van der Waals surface area contributed by atoms with Gasteiger partial charge in [0.1, 0.15) is 5.69 Å². The Morgan fingerprint density at radius 3 is 2.58 bits per heavy atom. The van der Waals surface area contributed by atoms with Crippen molar-refractivity contribution < 1.29 is 27.9 Å². The molecule has 43 heavy (non-hydrogen) atoms. The smallest absolute Gasteiger partial charge is 0.391 e. The number of nitrogens with zero attached hydrogens (tertiary/aromatic N) is 6. The number of halogens is 4. The average Bonchev–Trinajstić information content (AvgIpc) is 3.65. The van der Waals surface area contributed by atoms with Gasteiger partial charge < -0.3 is 25.5 Å². The Hall–Kier alpha value is -4.21. The summed E-state index contributed by atoms with van der Waals surface area (Å²) in [5, 5.41) is 22.1. The molecule has 1 aromatic carbocycles. The summed E-state index contributed by atoms with van der Waals surface area (Å²) in [6, 6.07) is 4.78. The van der Waals surface area contributed by atoms with Crippen molar-refractivity contribution in [1.29, 1.82) is 0 Å². The Kier molecular flexibility index (Phi) is 7.70. The lowest BCUT2D eigenvalue weighted by molar-refractivity contribution is -0.142. The van der Waals surface area contributed by atoms with Crippen molar-refractivity contribution in [3.05, 3.63) is 59.3 Å². The number of carbonyl (C=O) groups excluding carboxylic acids is 2. The number of carbonyl (C=O) groups is 2. The molecule has 0 saturated carbocycles. The van der Waals surface area contributed by atoms with E-state index in [9.17, 15) is 27.9 Å². The minimum absolute atomic E-state index is 0.0895. The lowest BCUT2D eigenvalue weighted by Gasteiger charge is -2.38. The second-order valence-electron chi connectivity index (χ2n) is 10.4. The molecule has 12 nitrogen and oxygen atoms in total. The highest BCUT2D eigenvalue weighted by molar-refractivity contribution is 6.34. The number of alkyl halides is 3. The molecule has 4 N–H and O–H groups in total.